The monoisotopic (exact) mass is 163 g/mol. The van der Waals surface area contributed by atoms with Crippen molar-refractivity contribution >= 4 is 11.6 Å². The Morgan fingerprint density at radius 3 is 3.08 bits per heavy atom. The van der Waals surface area contributed by atoms with Crippen molar-refractivity contribution in [3.63, 3.8) is 0 Å². The van der Waals surface area contributed by atoms with Crippen LogP contribution in [0.1, 0.15) is 6.42 Å². The highest BCUT2D eigenvalue weighted by Gasteiger charge is 1.91. The first-order chi connectivity index (χ1) is 5.83. The molecule has 3 heteroatoms. The maximum atomic E-state index is 5.49. The summed E-state index contributed by atoms with van der Waals surface area (Å²) in [5, 5.41) is 3.12. The van der Waals surface area contributed by atoms with Crippen LogP contribution in [0, 0.1) is 0 Å². The molecular weight excluding hydrogens is 150 g/mol. The van der Waals surface area contributed by atoms with E-state index in [9.17, 15) is 0 Å². The lowest BCUT2D eigenvalue weighted by Gasteiger charge is -2.03. The molecule has 0 fully saturated rings. The second-order valence-electron chi connectivity index (χ2n) is 2.45. The number of pyridine rings is 1. The number of aromatic nitrogens is 1. The number of nitrogens with one attached hydrogen (secondary N) is 1. The molecule has 1 heterocycles. The van der Waals surface area contributed by atoms with Crippen LogP contribution in [0.15, 0.2) is 30.9 Å². The predicted molar refractivity (Wildman–Crippen MR) is 52.0 cm³/mol. The van der Waals surface area contributed by atoms with Crippen LogP contribution in [-0.2, 0) is 0 Å². The maximum Gasteiger partial charge on any atom is 0.128 e. The summed E-state index contributed by atoms with van der Waals surface area (Å²) in [5.74, 6) is 1.36. The van der Waals surface area contributed by atoms with E-state index in [4.69, 9.17) is 5.73 Å². The lowest BCUT2D eigenvalue weighted by Crippen LogP contribution is -2.03. The van der Waals surface area contributed by atoms with E-state index in [0.717, 1.165) is 18.8 Å². The minimum Gasteiger partial charge on any atom is -0.384 e. The highest BCUT2D eigenvalue weighted by Crippen LogP contribution is 2.05. The van der Waals surface area contributed by atoms with E-state index in [-0.39, 0.29) is 0 Å². The summed E-state index contributed by atoms with van der Waals surface area (Å²) < 4.78 is 0. The molecular formula is C9H13N3. The zero-order valence-electron chi connectivity index (χ0n) is 6.96. The molecule has 12 heavy (non-hydrogen) atoms. The van der Waals surface area contributed by atoms with Crippen LogP contribution in [0.5, 0.6) is 0 Å². The molecule has 0 bridgehead atoms. The number of nitrogen functional groups attached to an aromatic ring is 1. The van der Waals surface area contributed by atoms with E-state index in [1.807, 2.05) is 18.2 Å². The van der Waals surface area contributed by atoms with Gasteiger partial charge in [-0.25, -0.2) is 4.98 Å². The Morgan fingerprint density at radius 2 is 2.42 bits per heavy atom. The Balaban J connectivity index is 2.46. The highest BCUT2D eigenvalue weighted by molar-refractivity contribution is 5.42. The lowest BCUT2D eigenvalue weighted by molar-refractivity contribution is 1.05. The third-order valence-corrected chi connectivity index (χ3v) is 1.43. The van der Waals surface area contributed by atoms with Crippen LogP contribution in [0.25, 0.3) is 0 Å². The number of nitrogens with zero attached hydrogens (tertiary/aromatic N) is 1. The first kappa shape index (κ1) is 8.59. The summed E-state index contributed by atoms with van der Waals surface area (Å²) >= 11 is 0. The van der Waals surface area contributed by atoms with Crippen molar-refractivity contribution in [1.29, 1.82) is 0 Å². The number of rotatable bonds is 4. The molecule has 0 saturated heterocycles. The van der Waals surface area contributed by atoms with Gasteiger partial charge in [0.05, 0.1) is 0 Å². The summed E-state index contributed by atoms with van der Waals surface area (Å²) in [5.41, 5.74) is 5.49. The SMILES string of the molecule is C=CCCNc1cccc(N)n1. The molecule has 0 aliphatic rings. The van der Waals surface area contributed by atoms with Gasteiger partial charge in [-0.1, -0.05) is 12.1 Å². The van der Waals surface area contributed by atoms with E-state index in [2.05, 4.69) is 16.9 Å². The number of hydrogen-bond acceptors (Lipinski definition) is 3. The Bertz CT molecular complexity index is 258. The lowest BCUT2D eigenvalue weighted by atomic mass is 10.4. The van der Waals surface area contributed by atoms with Gasteiger partial charge in [0, 0.05) is 6.54 Å². The van der Waals surface area contributed by atoms with Crippen molar-refractivity contribution in [3.05, 3.63) is 30.9 Å². The van der Waals surface area contributed by atoms with Gasteiger partial charge in [0.25, 0.3) is 0 Å². The van der Waals surface area contributed by atoms with Gasteiger partial charge in [0.15, 0.2) is 0 Å². The van der Waals surface area contributed by atoms with Gasteiger partial charge in [0.1, 0.15) is 11.6 Å². The zero-order valence-corrected chi connectivity index (χ0v) is 6.96. The molecule has 0 aliphatic carbocycles. The molecule has 0 radical (unpaired) electrons. The van der Waals surface area contributed by atoms with Crippen LogP contribution >= 0.6 is 0 Å². The first-order valence-corrected chi connectivity index (χ1v) is 3.90. The molecule has 0 aliphatic heterocycles. The molecule has 3 nitrogen and oxygen atoms in total. The molecule has 0 unspecified atom stereocenters. The Hall–Kier alpha value is -1.51. The second-order valence-corrected chi connectivity index (χ2v) is 2.45. The van der Waals surface area contributed by atoms with Crippen molar-refractivity contribution < 1.29 is 0 Å². The minimum atomic E-state index is 0.540. The van der Waals surface area contributed by atoms with Gasteiger partial charge >= 0.3 is 0 Å². The van der Waals surface area contributed by atoms with Gasteiger partial charge in [-0.05, 0) is 18.6 Å². The molecule has 1 aromatic heterocycles. The quantitative estimate of drug-likeness (QED) is 0.524. The third-order valence-electron chi connectivity index (χ3n) is 1.43. The minimum absolute atomic E-state index is 0.540. The van der Waals surface area contributed by atoms with Gasteiger partial charge in [-0.15, -0.1) is 6.58 Å². The summed E-state index contributed by atoms with van der Waals surface area (Å²) in [6.07, 6.45) is 2.79. The predicted octanol–water partition coefficient (Wildman–Crippen LogP) is 1.65. The summed E-state index contributed by atoms with van der Waals surface area (Å²) in [7, 11) is 0. The molecule has 0 spiro atoms. The average molecular weight is 163 g/mol. The van der Waals surface area contributed by atoms with Gasteiger partial charge in [-0.2, -0.15) is 0 Å². The number of anilines is 2. The topological polar surface area (TPSA) is 50.9 Å². The number of nitrogens with two attached hydrogens (primary N) is 1. The van der Waals surface area contributed by atoms with Crippen molar-refractivity contribution in [2.45, 2.75) is 6.42 Å². The van der Waals surface area contributed by atoms with E-state index in [1.165, 1.54) is 0 Å². The largest absolute Gasteiger partial charge is 0.384 e. The molecule has 1 rings (SSSR count). The smallest absolute Gasteiger partial charge is 0.128 e. The number of hydrogen-bond donors (Lipinski definition) is 2. The molecule has 0 atom stereocenters. The maximum absolute atomic E-state index is 5.49. The van der Waals surface area contributed by atoms with Crippen molar-refractivity contribution in [3.8, 4) is 0 Å². The van der Waals surface area contributed by atoms with Crippen molar-refractivity contribution in [2.75, 3.05) is 17.6 Å². The molecule has 0 aromatic carbocycles. The fraction of sp³-hybridized carbons (Fsp3) is 0.222. The molecule has 3 N–H and O–H groups in total. The van der Waals surface area contributed by atoms with Crippen molar-refractivity contribution in [1.82, 2.24) is 4.98 Å². The van der Waals surface area contributed by atoms with Gasteiger partial charge in [0.2, 0.25) is 0 Å². The summed E-state index contributed by atoms with van der Waals surface area (Å²) in [6.45, 7) is 4.47. The Labute approximate surface area is 72.3 Å². The van der Waals surface area contributed by atoms with Gasteiger partial charge in [-0.3, -0.25) is 0 Å². The zero-order chi connectivity index (χ0) is 8.81. The summed E-state index contributed by atoms with van der Waals surface area (Å²) in [6, 6.07) is 5.52. The van der Waals surface area contributed by atoms with E-state index in [0.29, 0.717) is 5.82 Å². The van der Waals surface area contributed by atoms with E-state index < -0.39 is 0 Å². The Kier molecular flexibility index (Phi) is 3.14. The molecule has 0 saturated carbocycles. The van der Waals surface area contributed by atoms with Crippen LogP contribution in [0.3, 0.4) is 0 Å². The fourth-order valence-electron chi connectivity index (χ4n) is 0.852. The normalized spacial score (nSPS) is 9.33. The van der Waals surface area contributed by atoms with Crippen LogP contribution in [0.4, 0.5) is 11.6 Å². The van der Waals surface area contributed by atoms with Crippen LogP contribution < -0.4 is 11.1 Å². The van der Waals surface area contributed by atoms with Crippen molar-refractivity contribution in [2.24, 2.45) is 0 Å². The molecule has 64 valence electrons. The third kappa shape index (κ3) is 2.62. The standard InChI is InChI=1S/C9H13N3/c1-2-3-7-11-9-6-4-5-8(10)12-9/h2,4-6H,1,3,7H2,(H3,10,11,12). The highest BCUT2D eigenvalue weighted by atomic mass is 15.0. The fourth-order valence-corrected chi connectivity index (χ4v) is 0.852. The van der Waals surface area contributed by atoms with Crippen LogP contribution in [0.2, 0.25) is 0 Å². The first-order valence-electron chi connectivity index (χ1n) is 3.90. The molecule has 1 aromatic rings. The van der Waals surface area contributed by atoms with Crippen LogP contribution in [-0.4, -0.2) is 11.5 Å². The van der Waals surface area contributed by atoms with E-state index >= 15 is 0 Å². The van der Waals surface area contributed by atoms with E-state index in [1.54, 1.807) is 6.07 Å². The average Bonchev–Trinajstić information content (AvgIpc) is 2.05. The summed E-state index contributed by atoms with van der Waals surface area (Å²) in [4.78, 5) is 4.08. The Morgan fingerprint density at radius 1 is 1.58 bits per heavy atom. The second kappa shape index (κ2) is 4.38. The molecule has 0 amide bonds. The van der Waals surface area contributed by atoms with Gasteiger partial charge < -0.3 is 11.1 Å².